The first-order valence-electron chi connectivity index (χ1n) is 5.19. The lowest BCUT2D eigenvalue weighted by molar-refractivity contribution is -0.119. The number of amides is 1. The van der Waals surface area contributed by atoms with E-state index in [4.69, 9.17) is 33.4 Å². The van der Waals surface area contributed by atoms with Crippen LogP contribution in [0.2, 0.25) is 0 Å². The Hall–Kier alpha value is -0.110. The summed E-state index contributed by atoms with van der Waals surface area (Å²) in [7, 11) is 0. The van der Waals surface area contributed by atoms with Gasteiger partial charge in [0.1, 0.15) is 0 Å². The third-order valence-corrected chi connectivity index (χ3v) is 2.41. The van der Waals surface area contributed by atoms with E-state index in [-0.39, 0.29) is 26.3 Å². The molecular formula is C9H18Cl2N2O4. The van der Waals surface area contributed by atoms with Gasteiger partial charge in [0.2, 0.25) is 0 Å². The van der Waals surface area contributed by atoms with Crippen LogP contribution in [0.4, 0.5) is 0 Å². The fraction of sp³-hybridized carbons (Fsp3) is 0.889. The molecule has 8 heteroatoms. The molecule has 0 aliphatic heterocycles. The molecule has 17 heavy (non-hydrogen) atoms. The summed E-state index contributed by atoms with van der Waals surface area (Å²) in [6, 6.07) is 0. The molecule has 1 unspecified atom stereocenters. The number of hydrogen-bond donors (Lipinski definition) is 4. The fourth-order valence-corrected chi connectivity index (χ4v) is 1.39. The minimum absolute atomic E-state index is 0.0160. The largest absolute Gasteiger partial charge is 0.395 e. The molecule has 0 aromatic heterocycles. The van der Waals surface area contributed by atoms with Gasteiger partial charge in [0, 0.05) is 26.2 Å². The maximum absolute atomic E-state index is 11.0. The molecule has 4 N–H and O–H groups in total. The van der Waals surface area contributed by atoms with E-state index < -0.39 is 16.8 Å². The number of carbonyl (C=O) groups is 1. The molecule has 0 radical (unpaired) electrons. The predicted molar refractivity (Wildman–Crippen MR) is 65.1 cm³/mol. The van der Waals surface area contributed by atoms with Gasteiger partial charge in [0.05, 0.1) is 19.3 Å². The highest BCUT2D eigenvalue weighted by atomic mass is 35.5. The first kappa shape index (κ1) is 16.9. The van der Waals surface area contributed by atoms with Crippen LogP contribution in [0.1, 0.15) is 0 Å². The van der Waals surface area contributed by atoms with Gasteiger partial charge >= 0.3 is 0 Å². The number of aliphatic hydroxyl groups is 3. The Balaban J connectivity index is 3.88. The molecule has 1 amide bonds. The lowest BCUT2D eigenvalue weighted by atomic mass is 10.3. The summed E-state index contributed by atoms with van der Waals surface area (Å²) in [6.45, 7) is 0.812. The van der Waals surface area contributed by atoms with Crippen LogP contribution in [0.3, 0.4) is 0 Å². The lowest BCUT2D eigenvalue weighted by Gasteiger charge is -2.23. The number of rotatable bonds is 9. The molecule has 1 atom stereocenters. The maximum Gasteiger partial charge on any atom is 0.253 e. The quantitative estimate of drug-likeness (QED) is 0.390. The van der Waals surface area contributed by atoms with Gasteiger partial charge in [0.25, 0.3) is 5.91 Å². The van der Waals surface area contributed by atoms with E-state index in [9.17, 15) is 9.90 Å². The van der Waals surface area contributed by atoms with E-state index in [0.717, 1.165) is 0 Å². The normalized spacial score (nSPS) is 13.1. The van der Waals surface area contributed by atoms with E-state index >= 15 is 0 Å². The van der Waals surface area contributed by atoms with Gasteiger partial charge in [-0.2, -0.15) is 0 Å². The minimum Gasteiger partial charge on any atom is -0.395 e. The summed E-state index contributed by atoms with van der Waals surface area (Å²) in [5, 5.41) is 29.5. The Morgan fingerprint density at radius 1 is 1.24 bits per heavy atom. The van der Waals surface area contributed by atoms with Crippen molar-refractivity contribution < 1.29 is 20.1 Å². The highest BCUT2D eigenvalue weighted by molar-refractivity contribution is 6.53. The number of aliphatic hydroxyl groups excluding tert-OH is 3. The molecule has 102 valence electrons. The van der Waals surface area contributed by atoms with Crippen LogP contribution in [-0.2, 0) is 4.79 Å². The van der Waals surface area contributed by atoms with Crippen molar-refractivity contribution in [1.82, 2.24) is 10.2 Å². The average Bonchev–Trinajstić information content (AvgIpc) is 2.26. The number of nitrogens with zero attached hydrogens (tertiary/aromatic N) is 1. The number of hydrogen-bond acceptors (Lipinski definition) is 5. The van der Waals surface area contributed by atoms with Gasteiger partial charge < -0.3 is 20.6 Å². The van der Waals surface area contributed by atoms with Crippen molar-refractivity contribution in [2.24, 2.45) is 0 Å². The Labute approximate surface area is 110 Å². The molecule has 0 spiro atoms. The Bertz CT molecular complexity index is 213. The van der Waals surface area contributed by atoms with Crippen molar-refractivity contribution in [3.05, 3.63) is 0 Å². The first-order chi connectivity index (χ1) is 8.01. The molecule has 0 saturated heterocycles. The van der Waals surface area contributed by atoms with Crippen LogP contribution in [0.5, 0.6) is 0 Å². The zero-order chi connectivity index (χ0) is 13.3. The smallest absolute Gasteiger partial charge is 0.253 e. The van der Waals surface area contributed by atoms with Crippen molar-refractivity contribution >= 4 is 29.1 Å². The van der Waals surface area contributed by atoms with E-state index in [2.05, 4.69) is 5.32 Å². The van der Waals surface area contributed by atoms with Crippen molar-refractivity contribution in [1.29, 1.82) is 0 Å². The zero-order valence-electron chi connectivity index (χ0n) is 9.35. The molecule has 0 aliphatic carbocycles. The molecule has 0 heterocycles. The third kappa shape index (κ3) is 8.59. The summed E-state index contributed by atoms with van der Waals surface area (Å²) in [4.78, 5) is 11.5. The lowest BCUT2D eigenvalue weighted by Crippen LogP contribution is -2.43. The van der Waals surface area contributed by atoms with Crippen LogP contribution < -0.4 is 5.32 Å². The molecule has 6 nitrogen and oxygen atoms in total. The third-order valence-electron chi connectivity index (χ3n) is 2.01. The second-order valence-electron chi connectivity index (χ2n) is 3.45. The highest BCUT2D eigenvalue weighted by Gasteiger charge is 2.15. The average molecular weight is 289 g/mol. The van der Waals surface area contributed by atoms with Crippen molar-refractivity contribution in [2.45, 2.75) is 10.9 Å². The molecule has 0 aromatic carbocycles. The van der Waals surface area contributed by atoms with Gasteiger partial charge in [-0.1, -0.05) is 23.2 Å². The van der Waals surface area contributed by atoms with Gasteiger partial charge in [-0.3, -0.25) is 9.69 Å². The first-order valence-corrected chi connectivity index (χ1v) is 6.06. The topological polar surface area (TPSA) is 93.0 Å². The molecular weight excluding hydrogens is 271 g/mol. The van der Waals surface area contributed by atoms with Crippen LogP contribution in [-0.4, -0.2) is 76.5 Å². The van der Waals surface area contributed by atoms with Crippen molar-refractivity contribution in [3.63, 3.8) is 0 Å². The van der Waals surface area contributed by atoms with Crippen LogP contribution in [0, 0.1) is 0 Å². The second-order valence-corrected chi connectivity index (χ2v) is 4.54. The zero-order valence-corrected chi connectivity index (χ0v) is 10.9. The van der Waals surface area contributed by atoms with E-state index in [0.29, 0.717) is 13.1 Å². The summed E-state index contributed by atoms with van der Waals surface area (Å²) in [5.41, 5.74) is 0. The molecule has 0 rings (SSSR count). The van der Waals surface area contributed by atoms with Crippen LogP contribution in [0.15, 0.2) is 0 Å². The van der Waals surface area contributed by atoms with E-state index in [1.165, 1.54) is 0 Å². The van der Waals surface area contributed by atoms with E-state index in [1.807, 2.05) is 0 Å². The molecule has 0 aliphatic rings. The predicted octanol–water partition coefficient (Wildman–Crippen LogP) is -1.45. The number of alkyl halides is 2. The second kappa shape index (κ2) is 9.87. The maximum atomic E-state index is 11.0. The molecule has 0 bridgehead atoms. The summed E-state index contributed by atoms with van der Waals surface area (Å²) in [6.07, 6.45) is -0.816. The highest BCUT2D eigenvalue weighted by Crippen LogP contribution is 2.00. The van der Waals surface area contributed by atoms with Crippen molar-refractivity contribution in [2.75, 3.05) is 39.4 Å². The molecule has 0 aromatic rings. The minimum atomic E-state index is -1.16. The summed E-state index contributed by atoms with van der Waals surface area (Å²) >= 11 is 10.6. The Morgan fingerprint density at radius 3 is 2.18 bits per heavy atom. The fourth-order valence-electron chi connectivity index (χ4n) is 1.24. The van der Waals surface area contributed by atoms with E-state index in [1.54, 1.807) is 4.90 Å². The van der Waals surface area contributed by atoms with Gasteiger partial charge in [-0.25, -0.2) is 0 Å². The summed E-state index contributed by atoms with van der Waals surface area (Å²) in [5.74, 6) is -0.566. The van der Waals surface area contributed by atoms with Crippen LogP contribution >= 0.6 is 23.2 Å². The monoisotopic (exact) mass is 288 g/mol. The molecule has 0 saturated carbocycles. The number of carbonyl (C=O) groups excluding carboxylic acids is 1. The Morgan fingerprint density at radius 2 is 1.76 bits per heavy atom. The number of nitrogens with one attached hydrogen (secondary N) is 1. The molecule has 0 fully saturated rings. The SMILES string of the molecule is O=C(NCC(O)CN(CCO)CCO)C(Cl)Cl. The van der Waals surface area contributed by atoms with Gasteiger partial charge in [0.15, 0.2) is 4.84 Å². The van der Waals surface area contributed by atoms with Crippen molar-refractivity contribution in [3.8, 4) is 0 Å². The van der Waals surface area contributed by atoms with Crippen LogP contribution in [0.25, 0.3) is 0 Å². The van der Waals surface area contributed by atoms with Gasteiger partial charge in [-0.15, -0.1) is 0 Å². The summed E-state index contributed by atoms with van der Waals surface area (Å²) < 4.78 is 0. The Kier molecular flexibility index (Phi) is 9.81. The van der Waals surface area contributed by atoms with Gasteiger partial charge in [-0.05, 0) is 0 Å². The standard InChI is InChI=1S/C9H18Cl2N2O4/c10-8(11)9(17)12-5-7(16)6-13(1-3-14)2-4-15/h7-8,14-16H,1-6H2,(H,12,17). The number of halogens is 2.